The smallest absolute Gasteiger partial charge is 0.311 e. The zero-order chi connectivity index (χ0) is 20.0. The lowest BCUT2D eigenvalue weighted by molar-refractivity contribution is -0.385. The highest BCUT2D eigenvalue weighted by Crippen LogP contribution is 2.35. The molecule has 0 aromatic heterocycles. The van der Waals surface area contributed by atoms with E-state index in [-0.39, 0.29) is 28.3 Å². The van der Waals surface area contributed by atoms with Crippen molar-refractivity contribution in [3.8, 4) is 17.6 Å². The van der Waals surface area contributed by atoms with Gasteiger partial charge in [-0.2, -0.15) is 5.26 Å². The van der Waals surface area contributed by atoms with Crippen LogP contribution in [0.15, 0.2) is 46.4 Å². The number of nitriles is 1. The number of benzene rings is 2. The van der Waals surface area contributed by atoms with E-state index in [9.17, 15) is 20.2 Å². The molecule has 0 aliphatic rings. The van der Waals surface area contributed by atoms with Crippen LogP contribution in [0.5, 0.6) is 11.5 Å². The first-order chi connectivity index (χ1) is 12.9. The second-order valence-corrected chi connectivity index (χ2v) is 6.07. The Balaban J connectivity index is 2.44. The highest BCUT2D eigenvalue weighted by atomic mass is 79.9. The van der Waals surface area contributed by atoms with E-state index in [0.29, 0.717) is 5.69 Å². The van der Waals surface area contributed by atoms with Crippen molar-refractivity contribution in [2.75, 3.05) is 19.5 Å². The molecule has 0 unspecified atom stereocenters. The summed E-state index contributed by atoms with van der Waals surface area (Å²) in [4.78, 5) is 23.0. The molecule has 8 nitrogen and oxygen atoms in total. The predicted molar refractivity (Wildman–Crippen MR) is 103 cm³/mol. The Labute approximate surface area is 163 Å². The quantitative estimate of drug-likeness (QED) is 0.320. The standard InChI is InChI=1S/C18H14BrN3O5/c1-26-16-9-17(27-2)15(22(24)25)7-11(16)6-12(10-20)18(23)21-14-5-3-4-13(19)8-14/h3-9H,1-2H3,(H,21,23)/b12-6-. The number of methoxy groups -OCH3 is 2. The average Bonchev–Trinajstić information content (AvgIpc) is 2.65. The molecule has 0 aliphatic heterocycles. The molecule has 2 aromatic carbocycles. The third kappa shape index (κ3) is 4.83. The molecule has 0 saturated carbocycles. The Morgan fingerprint density at radius 1 is 1.26 bits per heavy atom. The first-order valence-corrected chi connectivity index (χ1v) is 8.28. The van der Waals surface area contributed by atoms with Crippen LogP contribution in [-0.4, -0.2) is 25.1 Å². The lowest BCUT2D eigenvalue weighted by Gasteiger charge is -2.09. The second kappa shape index (κ2) is 8.82. The van der Waals surface area contributed by atoms with Crippen molar-refractivity contribution in [2.45, 2.75) is 0 Å². The van der Waals surface area contributed by atoms with Crippen LogP contribution in [0, 0.1) is 21.4 Å². The molecule has 0 atom stereocenters. The summed E-state index contributed by atoms with van der Waals surface area (Å²) >= 11 is 3.29. The number of nitrogens with zero attached hydrogens (tertiary/aromatic N) is 2. The van der Waals surface area contributed by atoms with Gasteiger partial charge in [0.25, 0.3) is 5.91 Å². The van der Waals surface area contributed by atoms with E-state index in [4.69, 9.17) is 9.47 Å². The molecule has 1 N–H and O–H groups in total. The number of hydrogen-bond acceptors (Lipinski definition) is 6. The number of nitro benzene ring substituents is 1. The number of halogens is 1. The Bertz CT molecular complexity index is 966. The van der Waals surface area contributed by atoms with Gasteiger partial charge in [-0.1, -0.05) is 22.0 Å². The van der Waals surface area contributed by atoms with Crippen molar-refractivity contribution in [3.63, 3.8) is 0 Å². The number of hydrogen-bond donors (Lipinski definition) is 1. The Morgan fingerprint density at radius 3 is 2.52 bits per heavy atom. The van der Waals surface area contributed by atoms with Gasteiger partial charge in [0.15, 0.2) is 0 Å². The number of anilines is 1. The molecule has 27 heavy (non-hydrogen) atoms. The van der Waals surface area contributed by atoms with Crippen molar-refractivity contribution in [3.05, 3.63) is 62.1 Å². The van der Waals surface area contributed by atoms with Gasteiger partial charge in [-0.15, -0.1) is 0 Å². The van der Waals surface area contributed by atoms with Crippen molar-refractivity contribution >= 4 is 39.3 Å². The molecule has 1 amide bonds. The minimum Gasteiger partial charge on any atom is -0.496 e. The molecular formula is C18H14BrN3O5. The van der Waals surface area contributed by atoms with E-state index in [0.717, 1.165) is 4.47 Å². The normalized spacial score (nSPS) is 10.7. The van der Waals surface area contributed by atoms with E-state index in [2.05, 4.69) is 21.2 Å². The van der Waals surface area contributed by atoms with E-state index >= 15 is 0 Å². The van der Waals surface area contributed by atoms with Crippen LogP contribution in [0.2, 0.25) is 0 Å². The molecule has 0 fully saturated rings. The van der Waals surface area contributed by atoms with Crippen LogP contribution in [0.25, 0.3) is 6.08 Å². The number of carbonyl (C=O) groups is 1. The molecule has 0 saturated heterocycles. The number of rotatable bonds is 6. The van der Waals surface area contributed by atoms with E-state index in [1.54, 1.807) is 30.3 Å². The van der Waals surface area contributed by atoms with Crippen LogP contribution < -0.4 is 14.8 Å². The average molecular weight is 432 g/mol. The van der Waals surface area contributed by atoms with Crippen LogP contribution in [0.4, 0.5) is 11.4 Å². The number of carbonyl (C=O) groups excluding carboxylic acids is 1. The van der Waals surface area contributed by atoms with E-state index in [1.807, 2.05) is 0 Å². The van der Waals surface area contributed by atoms with Gasteiger partial charge in [-0.05, 0) is 24.3 Å². The van der Waals surface area contributed by atoms with Crippen molar-refractivity contribution in [1.82, 2.24) is 0 Å². The summed E-state index contributed by atoms with van der Waals surface area (Å²) in [6.07, 6.45) is 1.22. The molecule has 2 rings (SSSR count). The Morgan fingerprint density at radius 2 is 1.96 bits per heavy atom. The predicted octanol–water partition coefficient (Wildman–Crippen LogP) is 3.92. The molecular weight excluding hydrogens is 418 g/mol. The minimum atomic E-state index is -0.656. The highest BCUT2D eigenvalue weighted by Gasteiger charge is 2.20. The van der Waals surface area contributed by atoms with Crippen molar-refractivity contribution < 1.29 is 19.2 Å². The molecule has 138 valence electrons. The molecule has 0 heterocycles. The summed E-state index contributed by atoms with van der Waals surface area (Å²) in [6, 6.07) is 11.2. The van der Waals surface area contributed by atoms with Gasteiger partial charge < -0.3 is 14.8 Å². The maximum atomic E-state index is 12.4. The second-order valence-electron chi connectivity index (χ2n) is 5.16. The zero-order valence-electron chi connectivity index (χ0n) is 14.4. The summed E-state index contributed by atoms with van der Waals surface area (Å²) in [5.41, 5.74) is 0.135. The van der Waals surface area contributed by atoms with E-state index < -0.39 is 10.8 Å². The van der Waals surface area contributed by atoms with Gasteiger partial charge in [-0.25, -0.2) is 0 Å². The number of nitro groups is 1. The lowest BCUT2D eigenvalue weighted by Crippen LogP contribution is -2.13. The van der Waals surface area contributed by atoms with Crippen molar-refractivity contribution in [2.24, 2.45) is 0 Å². The minimum absolute atomic E-state index is 0.00564. The summed E-state index contributed by atoms with van der Waals surface area (Å²) in [5, 5.41) is 23.1. The van der Waals surface area contributed by atoms with E-state index in [1.165, 1.54) is 32.4 Å². The van der Waals surface area contributed by atoms with Crippen molar-refractivity contribution in [1.29, 1.82) is 5.26 Å². The fourth-order valence-electron chi connectivity index (χ4n) is 2.23. The third-order valence-electron chi connectivity index (χ3n) is 3.48. The van der Waals surface area contributed by atoms with Crippen LogP contribution in [0.1, 0.15) is 5.56 Å². The maximum Gasteiger partial charge on any atom is 0.311 e. The Hall–Kier alpha value is -3.38. The van der Waals surface area contributed by atoms with Gasteiger partial charge in [0.05, 0.1) is 19.1 Å². The summed E-state index contributed by atoms with van der Waals surface area (Å²) < 4.78 is 10.9. The summed E-state index contributed by atoms with van der Waals surface area (Å²) in [7, 11) is 2.66. The molecule has 2 aromatic rings. The lowest BCUT2D eigenvalue weighted by atomic mass is 10.1. The molecule has 0 spiro atoms. The van der Waals surface area contributed by atoms with Gasteiger partial charge in [0.2, 0.25) is 5.75 Å². The number of nitrogens with one attached hydrogen (secondary N) is 1. The van der Waals surface area contributed by atoms with Gasteiger partial charge in [0.1, 0.15) is 17.4 Å². The van der Waals surface area contributed by atoms with Gasteiger partial charge in [-0.3, -0.25) is 14.9 Å². The fourth-order valence-corrected chi connectivity index (χ4v) is 2.63. The van der Waals surface area contributed by atoms with Gasteiger partial charge in [0, 0.05) is 27.9 Å². The molecule has 0 aliphatic carbocycles. The number of ether oxygens (including phenoxy) is 2. The summed E-state index contributed by atoms with van der Waals surface area (Å²) in [5.74, 6) is -0.428. The highest BCUT2D eigenvalue weighted by molar-refractivity contribution is 9.10. The monoisotopic (exact) mass is 431 g/mol. The first-order valence-electron chi connectivity index (χ1n) is 7.48. The molecule has 0 bridgehead atoms. The Kier molecular flexibility index (Phi) is 6.51. The topological polar surface area (TPSA) is 114 Å². The number of amides is 1. The van der Waals surface area contributed by atoms with Crippen LogP contribution >= 0.6 is 15.9 Å². The van der Waals surface area contributed by atoms with Gasteiger partial charge >= 0.3 is 5.69 Å². The fraction of sp³-hybridized carbons (Fsp3) is 0.111. The first kappa shape index (κ1) is 19.9. The molecule has 0 radical (unpaired) electrons. The van der Waals surface area contributed by atoms with Crippen LogP contribution in [-0.2, 0) is 4.79 Å². The third-order valence-corrected chi connectivity index (χ3v) is 3.97. The summed E-state index contributed by atoms with van der Waals surface area (Å²) in [6.45, 7) is 0. The van der Waals surface area contributed by atoms with Crippen LogP contribution in [0.3, 0.4) is 0 Å². The molecule has 9 heteroatoms. The SMILES string of the molecule is COc1cc(OC)c([N+](=O)[O-])cc1/C=C(/C#N)C(=O)Nc1cccc(Br)c1. The maximum absolute atomic E-state index is 12.4. The largest absolute Gasteiger partial charge is 0.496 e. The zero-order valence-corrected chi connectivity index (χ0v) is 15.9.